The third-order valence-corrected chi connectivity index (χ3v) is 5.80. The number of aromatic nitrogens is 2. The third kappa shape index (κ3) is 5.22. The Hall–Kier alpha value is -2.95. The highest BCUT2D eigenvalue weighted by atomic mass is 35.5. The van der Waals surface area contributed by atoms with Crippen molar-refractivity contribution in [3.8, 4) is 0 Å². The number of halogens is 1. The van der Waals surface area contributed by atoms with Crippen molar-refractivity contribution in [3.63, 3.8) is 0 Å². The van der Waals surface area contributed by atoms with Crippen LogP contribution < -0.4 is 11.3 Å². The molecule has 31 heavy (non-hydrogen) atoms. The Bertz CT molecular complexity index is 1210. The maximum Gasteiger partial charge on any atom is 0.274 e. The van der Waals surface area contributed by atoms with Gasteiger partial charge in [0.05, 0.1) is 15.8 Å². The first-order valence-corrected chi connectivity index (χ1v) is 10.6. The van der Waals surface area contributed by atoms with Crippen LogP contribution >= 0.6 is 23.4 Å². The van der Waals surface area contributed by atoms with Crippen LogP contribution in [0.15, 0.2) is 46.3 Å². The van der Waals surface area contributed by atoms with Gasteiger partial charge in [-0.3, -0.25) is 24.3 Å². The summed E-state index contributed by atoms with van der Waals surface area (Å²) < 4.78 is 6.61. The molecule has 11 heteroatoms. The number of carbonyl (C=O) groups excluding carboxylic acids is 1. The predicted molar refractivity (Wildman–Crippen MR) is 119 cm³/mol. The van der Waals surface area contributed by atoms with E-state index in [1.54, 1.807) is 25.3 Å². The van der Waals surface area contributed by atoms with E-state index in [0.717, 1.165) is 6.07 Å². The number of ether oxygens (including phenoxy) is 1. The molecule has 0 aliphatic heterocycles. The largest absolute Gasteiger partial charge is 0.385 e. The van der Waals surface area contributed by atoms with Crippen molar-refractivity contribution in [1.82, 2.24) is 9.55 Å². The minimum absolute atomic E-state index is 0.0513. The van der Waals surface area contributed by atoms with Gasteiger partial charge in [0.1, 0.15) is 0 Å². The average molecular weight is 463 g/mol. The summed E-state index contributed by atoms with van der Waals surface area (Å²) in [6.07, 6.45) is 0.595. The molecular weight excluding hydrogens is 444 g/mol. The van der Waals surface area contributed by atoms with Crippen LogP contribution in [0.5, 0.6) is 0 Å². The molecule has 1 amide bonds. The second-order valence-corrected chi connectivity index (χ2v) is 7.99. The number of hydrogen-bond donors (Lipinski definition) is 1. The number of hydrogen-bond acceptors (Lipinski definition) is 7. The van der Waals surface area contributed by atoms with E-state index in [-0.39, 0.29) is 22.6 Å². The van der Waals surface area contributed by atoms with E-state index in [2.05, 4.69) is 4.98 Å². The number of amides is 1. The lowest BCUT2D eigenvalue weighted by molar-refractivity contribution is -0.385. The summed E-state index contributed by atoms with van der Waals surface area (Å²) >= 11 is 7.24. The Morgan fingerprint density at radius 2 is 2.10 bits per heavy atom. The number of benzene rings is 2. The van der Waals surface area contributed by atoms with E-state index in [1.165, 1.54) is 28.5 Å². The Labute approximate surface area is 186 Å². The maximum absolute atomic E-state index is 13.0. The topological polar surface area (TPSA) is 130 Å². The number of thioether (sulfide) groups is 1. The van der Waals surface area contributed by atoms with Crippen LogP contribution in [0.25, 0.3) is 10.9 Å². The molecule has 9 nitrogen and oxygen atoms in total. The van der Waals surface area contributed by atoms with Crippen LogP contribution in [0.1, 0.15) is 22.3 Å². The van der Waals surface area contributed by atoms with E-state index in [0.29, 0.717) is 46.2 Å². The summed E-state index contributed by atoms with van der Waals surface area (Å²) in [4.78, 5) is 39.8. The summed E-state index contributed by atoms with van der Waals surface area (Å²) in [5.74, 6) is -0.583. The molecule has 1 aromatic heterocycles. The van der Waals surface area contributed by atoms with Crippen molar-refractivity contribution in [2.45, 2.75) is 23.9 Å². The van der Waals surface area contributed by atoms with Crippen molar-refractivity contribution < 1.29 is 14.5 Å². The van der Waals surface area contributed by atoms with E-state index in [4.69, 9.17) is 22.1 Å². The van der Waals surface area contributed by atoms with Crippen LogP contribution in [-0.2, 0) is 17.0 Å². The number of nitrogens with zero attached hydrogens (tertiary/aromatic N) is 3. The number of methoxy groups -OCH3 is 1. The minimum Gasteiger partial charge on any atom is -0.385 e. The zero-order chi connectivity index (χ0) is 22.5. The molecule has 0 aliphatic rings. The van der Waals surface area contributed by atoms with Gasteiger partial charge in [0.15, 0.2) is 5.16 Å². The van der Waals surface area contributed by atoms with Gasteiger partial charge in [0, 0.05) is 48.2 Å². The quantitative estimate of drug-likeness (QED) is 0.169. The van der Waals surface area contributed by atoms with Gasteiger partial charge in [-0.25, -0.2) is 4.98 Å². The lowest BCUT2D eigenvalue weighted by Gasteiger charge is -2.13. The van der Waals surface area contributed by atoms with Crippen LogP contribution in [0, 0.1) is 10.1 Å². The number of fused-ring (bicyclic) bond motifs is 1. The van der Waals surface area contributed by atoms with E-state index >= 15 is 0 Å². The number of nitro groups is 1. The lowest BCUT2D eigenvalue weighted by atomic mass is 10.1. The fraction of sp³-hybridized carbons (Fsp3) is 0.250. The molecule has 0 spiro atoms. The summed E-state index contributed by atoms with van der Waals surface area (Å²) in [5, 5.41) is 12.7. The highest BCUT2D eigenvalue weighted by molar-refractivity contribution is 7.98. The fourth-order valence-electron chi connectivity index (χ4n) is 3.00. The molecule has 0 radical (unpaired) electrons. The summed E-state index contributed by atoms with van der Waals surface area (Å²) in [6, 6.07) is 8.93. The number of nitrogens with two attached hydrogens (primary N) is 1. The molecule has 0 saturated carbocycles. The first-order chi connectivity index (χ1) is 14.8. The van der Waals surface area contributed by atoms with Gasteiger partial charge < -0.3 is 10.5 Å². The number of primary amides is 1. The lowest BCUT2D eigenvalue weighted by Crippen LogP contribution is -2.24. The summed E-state index contributed by atoms with van der Waals surface area (Å²) in [5.41, 5.74) is 5.65. The zero-order valence-electron chi connectivity index (χ0n) is 16.5. The smallest absolute Gasteiger partial charge is 0.274 e. The Morgan fingerprint density at radius 3 is 2.77 bits per heavy atom. The molecule has 0 unspecified atom stereocenters. The zero-order valence-corrected chi connectivity index (χ0v) is 18.1. The van der Waals surface area contributed by atoms with Gasteiger partial charge in [-0.2, -0.15) is 0 Å². The van der Waals surface area contributed by atoms with Gasteiger partial charge in [-0.15, -0.1) is 0 Å². The van der Waals surface area contributed by atoms with Crippen molar-refractivity contribution >= 4 is 45.9 Å². The van der Waals surface area contributed by atoms with Gasteiger partial charge in [-0.05, 0) is 30.7 Å². The Kier molecular flexibility index (Phi) is 7.26. The van der Waals surface area contributed by atoms with E-state index < -0.39 is 10.8 Å². The molecule has 2 N–H and O–H groups in total. The highest BCUT2D eigenvalue weighted by Crippen LogP contribution is 2.29. The van der Waals surface area contributed by atoms with Crippen molar-refractivity contribution in [3.05, 3.63) is 73.0 Å². The fourth-order valence-corrected chi connectivity index (χ4v) is 4.19. The number of nitro benzene ring substituents is 1. The molecule has 0 atom stereocenters. The number of carbonyl (C=O) groups is 1. The van der Waals surface area contributed by atoms with Crippen molar-refractivity contribution in [2.75, 3.05) is 13.7 Å². The molecule has 3 rings (SSSR count). The van der Waals surface area contributed by atoms with Crippen molar-refractivity contribution in [1.29, 1.82) is 0 Å². The Balaban J connectivity index is 2.00. The third-order valence-electron chi connectivity index (χ3n) is 4.54. The Morgan fingerprint density at radius 1 is 1.32 bits per heavy atom. The van der Waals surface area contributed by atoms with E-state index in [9.17, 15) is 19.7 Å². The highest BCUT2D eigenvalue weighted by Gasteiger charge is 2.18. The van der Waals surface area contributed by atoms with Crippen LogP contribution in [-0.4, -0.2) is 34.1 Å². The maximum atomic E-state index is 13.0. The molecule has 0 aliphatic carbocycles. The predicted octanol–water partition coefficient (Wildman–Crippen LogP) is 3.39. The summed E-state index contributed by atoms with van der Waals surface area (Å²) in [6.45, 7) is 0.846. The molecule has 2 aromatic carbocycles. The van der Waals surface area contributed by atoms with Crippen molar-refractivity contribution in [2.24, 2.45) is 5.73 Å². The molecule has 0 bridgehead atoms. The average Bonchev–Trinajstić information content (AvgIpc) is 2.73. The standard InChI is InChI=1S/C20H19ClN4O5S/c1-30-8-2-7-24-19(27)15-6-5-14(21)10-16(15)23-20(24)31-11-13-4-3-12(18(22)26)9-17(13)25(28)29/h3-6,9-10H,2,7-8,11H2,1H3,(H2,22,26). The van der Waals surface area contributed by atoms with E-state index in [1.807, 2.05) is 0 Å². The molecule has 0 saturated heterocycles. The second-order valence-electron chi connectivity index (χ2n) is 6.61. The van der Waals surface area contributed by atoms with Gasteiger partial charge >= 0.3 is 0 Å². The SMILES string of the molecule is COCCCn1c(SCc2ccc(C(N)=O)cc2[N+](=O)[O-])nc2cc(Cl)ccc2c1=O. The number of rotatable bonds is 9. The molecule has 3 aromatic rings. The monoisotopic (exact) mass is 462 g/mol. The summed E-state index contributed by atoms with van der Waals surface area (Å²) in [7, 11) is 1.58. The van der Waals surface area contributed by atoms with Gasteiger partial charge in [0.2, 0.25) is 5.91 Å². The van der Waals surface area contributed by atoms with Crippen LogP contribution in [0.3, 0.4) is 0 Å². The normalized spacial score (nSPS) is 11.0. The van der Waals surface area contributed by atoms with Crippen LogP contribution in [0.2, 0.25) is 5.02 Å². The van der Waals surface area contributed by atoms with Gasteiger partial charge in [-0.1, -0.05) is 29.4 Å². The first-order valence-electron chi connectivity index (χ1n) is 9.20. The first kappa shape index (κ1) is 22.7. The molecule has 162 valence electrons. The molecule has 0 fully saturated rings. The minimum atomic E-state index is -0.748. The second kappa shape index (κ2) is 9.90. The van der Waals surface area contributed by atoms with Crippen LogP contribution in [0.4, 0.5) is 5.69 Å². The molecular formula is C20H19ClN4O5S. The molecule has 1 heterocycles. The van der Waals surface area contributed by atoms with Gasteiger partial charge in [0.25, 0.3) is 11.2 Å².